The van der Waals surface area contributed by atoms with Crippen LogP contribution in [0.2, 0.25) is 0 Å². The van der Waals surface area contributed by atoms with Gasteiger partial charge in [-0.25, -0.2) is 0 Å². The second kappa shape index (κ2) is 8.83. The van der Waals surface area contributed by atoms with E-state index < -0.39 is 22.9 Å². The van der Waals surface area contributed by atoms with E-state index >= 15 is 0 Å². The Bertz CT molecular complexity index is 1150. The predicted octanol–water partition coefficient (Wildman–Crippen LogP) is 5.08. The molecule has 3 rings (SSSR count). The summed E-state index contributed by atoms with van der Waals surface area (Å²) in [4.78, 5) is 25.0. The molecule has 0 bridgehead atoms. The van der Waals surface area contributed by atoms with Crippen LogP contribution in [0.3, 0.4) is 0 Å². The summed E-state index contributed by atoms with van der Waals surface area (Å²) in [6.07, 6.45) is -4.13. The third kappa shape index (κ3) is 4.73. The maximum atomic E-state index is 13.8. The highest BCUT2D eigenvalue weighted by Gasteiger charge is 2.39. The van der Waals surface area contributed by atoms with Gasteiger partial charge in [-0.2, -0.15) is 13.2 Å². The number of halogens is 3. The number of amides is 1. The summed E-state index contributed by atoms with van der Waals surface area (Å²) < 4.78 is 52.0. The van der Waals surface area contributed by atoms with Crippen molar-refractivity contribution in [3.63, 3.8) is 0 Å². The Kier molecular flexibility index (Phi) is 6.38. The number of carbonyl (C=O) groups excluding carboxylic acids is 1. The summed E-state index contributed by atoms with van der Waals surface area (Å²) in [7, 11) is 0. The number of aryl methyl sites for hydroxylation is 1. The van der Waals surface area contributed by atoms with Crippen molar-refractivity contribution in [1.82, 2.24) is 5.32 Å². The second-order valence-electron chi connectivity index (χ2n) is 7.23. The third-order valence-electron chi connectivity index (χ3n) is 4.96. The molecule has 0 saturated heterocycles. The Labute approximate surface area is 176 Å². The van der Waals surface area contributed by atoms with Gasteiger partial charge < -0.3 is 14.5 Å². The molecule has 0 saturated carbocycles. The fourth-order valence-electron chi connectivity index (χ4n) is 3.16. The molecule has 3 aromatic rings. The van der Waals surface area contributed by atoms with E-state index in [0.717, 1.165) is 6.42 Å². The maximum absolute atomic E-state index is 13.8. The average Bonchev–Trinajstić information content (AvgIpc) is 2.73. The van der Waals surface area contributed by atoms with Crippen LogP contribution in [0.25, 0.3) is 22.1 Å². The quantitative estimate of drug-likeness (QED) is 0.589. The van der Waals surface area contributed by atoms with Crippen molar-refractivity contribution < 1.29 is 27.1 Å². The first-order valence-corrected chi connectivity index (χ1v) is 9.78. The topological polar surface area (TPSA) is 68.5 Å². The second-order valence-corrected chi connectivity index (χ2v) is 7.23. The van der Waals surface area contributed by atoms with Crippen LogP contribution in [-0.2, 0) is 11.0 Å². The van der Waals surface area contributed by atoms with Gasteiger partial charge in [-0.3, -0.25) is 9.59 Å². The molecule has 1 aromatic heterocycles. The standard InChI is InChI=1S/C23H22F3NO4/c1-4-13(2)27-18(28)12-30-17-11-10-16-20(29)19(15-8-6-5-7-9-15)22(23(24,25)26)31-21(16)14(17)3/h5-11,13H,4,12H2,1-3H3,(H,27,28). The van der Waals surface area contributed by atoms with Crippen molar-refractivity contribution in [2.45, 2.75) is 39.4 Å². The molecule has 164 valence electrons. The zero-order valence-electron chi connectivity index (χ0n) is 17.3. The van der Waals surface area contributed by atoms with Crippen molar-refractivity contribution in [3.8, 4) is 16.9 Å². The van der Waals surface area contributed by atoms with Gasteiger partial charge in [0.25, 0.3) is 5.91 Å². The van der Waals surface area contributed by atoms with Gasteiger partial charge in [-0.05, 0) is 38.0 Å². The Morgan fingerprint density at radius 3 is 2.45 bits per heavy atom. The van der Waals surface area contributed by atoms with E-state index in [0.29, 0.717) is 0 Å². The highest BCUT2D eigenvalue weighted by Crippen LogP contribution is 2.38. The number of carbonyl (C=O) groups is 1. The van der Waals surface area contributed by atoms with Crippen LogP contribution in [0, 0.1) is 6.92 Å². The first-order chi connectivity index (χ1) is 14.6. The van der Waals surface area contributed by atoms with Crippen LogP contribution >= 0.6 is 0 Å². The number of fused-ring (bicyclic) bond motifs is 1. The molecule has 1 N–H and O–H groups in total. The third-order valence-corrected chi connectivity index (χ3v) is 4.96. The van der Waals surface area contributed by atoms with E-state index in [1.807, 2.05) is 13.8 Å². The number of ether oxygens (including phenoxy) is 1. The summed E-state index contributed by atoms with van der Waals surface area (Å²) >= 11 is 0. The van der Waals surface area contributed by atoms with Crippen LogP contribution in [0.15, 0.2) is 51.7 Å². The minimum Gasteiger partial charge on any atom is -0.483 e. The van der Waals surface area contributed by atoms with Crippen molar-refractivity contribution in [2.24, 2.45) is 0 Å². The molecule has 1 amide bonds. The Morgan fingerprint density at radius 2 is 1.84 bits per heavy atom. The largest absolute Gasteiger partial charge is 0.483 e. The van der Waals surface area contributed by atoms with Gasteiger partial charge in [-0.1, -0.05) is 37.3 Å². The van der Waals surface area contributed by atoms with E-state index in [1.165, 1.54) is 31.2 Å². The molecule has 31 heavy (non-hydrogen) atoms. The van der Waals surface area contributed by atoms with Gasteiger partial charge >= 0.3 is 6.18 Å². The normalized spacial score (nSPS) is 12.6. The molecule has 0 radical (unpaired) electrons. The summed E-state index contributed by atoms with van der Waals surface area (Å²) in [6, 6.07) is 10.4. The lowest BCUT2D eigenvalue weighted by Crippen LogP contribution is -2.35. The molecule has 0 aliphatic rings. The summed E-state index contributed by atoms with van der Waals surface area (Å²) in [5.74, 6) is -1.56. The van der Waals surface area contributed by atoms with E-state index in [-0.39, 0.29) is 46.4 Å². The highest BCUT2D eigenvalue weighted by molar-refractivity contribution is 5.87. The molecule has 1 atom stereocenters. The summed E-state index contributed by atoms with van der Waals surface area (Å²) in [5.41, 5.74) is -1.23. The van der Waals surface area contributed by atoms with E-state index in [4.69, 9.17) is 9.15 Å². The Morgan fingerprint density at radius 1 is 1.16 bits per heavy atom. The van der Waals surface area contributed by atoms with Crippen LogP contribution in [-0.4, -0.2) is 18.6 Å². The molecule has 8 heteroatoms. The van der Waals surface area contributed by atoms with E-state index in [9.17, 15) is 22.8 Å². The zero-order valence-corrected chi connectivity index (χ0v) is 17.3. The van der Waals surface area contributed by atoms with E-state index in [2.05, 4.69) is 5.32 Å². The van der Waals surface area contributed by atoms with Gasteiger partial charge in [0.15, 0.2) is 6.61 Å². The van der Waals surface area contributed by atoms with Gasteiger partial charge in [0.05, 0.1) is 10.9 Å². The molecule has 2 aromatic carbocycles. The van der Waals surface area contributed by atoms with Gasteiger partial charge in [-0.15, -0.1) is 0 Å². The van der Waals surface area contributed by atoms with Crippen molar-refractivity contribution in [3.05, 3.63) is 64.0 Å². The molecule has 0 fully saturated rings. The summed E-state index contributed by atoms with van der Waals surface area (Å²) in [5, 5.41) is 2.73. The molecule has 5 nitrogen and oxygen atoms in total. The molecular formula is C23H22F3NO4. The minimum atomic E-state index is -4.88. The SMILES string of the molecule is CCC(C)NC(=O)COc1ccc2c(=O)c(-c3ccccc3)c(C(F)(F)F)oc2c1C. The molecular weight excluding hydrogens is 411 g/mol. The molecule has 1 unspecified atom stereocenters. The number of nitrogens with one attached hydrogen (secondary N) is 1. The fourth-order valence-corrected chi connectivity index (χ4v) is 3.16. The van der Waals surface area contributed by atoms with Gasteiger partial charge in [0, 0.05) is 11.6 Å². The minimum absolute atomic E-state index is 0.000704. The van der Waals surface area contributed by atoms with Crippen LogP contribution in [0.4, 0.5) is 13.2 Å². The fraction of sp³-hybridized carbons (Fsp3) is 0.304. The molecule has 0 spiro atoms. The first kappa shape index (κ1) is 22.4. The van der Waals surface area contributed by atoms with Gasteiger partial charge in [0.2, 0.25) is 11.2 Å². The Hall–Kier alpha value is -3.29. The first-order valence-electron chi connectivity index (χ1n) is 9.78. The average molecular weight is 433 g/mol. The number of rotatable bonds is 6. The van der Waals surface area contributed by atoms with Crippen LogP contribution in [0.5, 0.6) is 5.75 Å². The maximum Gasteiger partial charge on any atom is 0.450 e. The molecule has 0 aliphatic carbocycles. The smallest absolute Gasteiger partial charge is 0.450 e. The zero-order chi connectivity index (χ0) is 22.8. The van der Waals surface area contributed by atoms with Crippen LogP contribution in [0.1, 0.15) is 31.6 Å². The number of benzene rings is 2. The molecule has 0 aliphatic heterocycles. The van der Waals surface area contributed by atoms with Gasteiger partial charge in [0.1, 0.15) is 11.3 Å². The predicted molar refractivity (Wildman–Crippen MR) is 111 cm³/mol. The monoisotopic (exact) mass is 433 g/mol. The van der Waals surface area contributed by atoms with Crippen molar-refractivity contribution in [2.75, 3.05) is 6.61 Å². The van der Waals surface area contributed by atoms with Crippen molar-refractivity contribution in [1.29, 1.82) is 0 Å². The number of hydrogen-bond donors (Lipinski definition) is 1. The lowest BCUT2D eigenvalue weighted by Gasteiger charge is -2.16. The highest BCUT2D eigenvalue weighted by atomic mass is 19.4. The molecule has 1 heterocycles. The van der Waals surface area contributed by atoms with Crippen molar-refractivity contribution >= 4 is 16.9 Å². The van der Waals surface area contributed by atoms with Crippen LogP contribution < -0.4 is 15.5 Å². The summed E-state index contributed by atoms with van der Waals surface area (Å²) in [6.45, 7) is 4.94. The Balaban J connectivity index is 2.08. The lowest BCUT2D eigenvalue weighted by atomic mass is 10.0. The lowest BCUT2D eigenvalue weighted by molar-refractivity contribution is -0.152. The van der Waals surface area contributed by atoms with E-state index in [1.54, 1.807) is 18.2 Å². The number of alkyl halides is 3. The number of hydrogen-bond acceptors (Lipinski definition) is 4.